The zero-order valence-corrected chi connectivity index (χ0v) is 12.7. The lowest BCUT2D eigenvalue weighted by Crippen LogP contribution is -2.43. The summed E-state index contributed by atoms with van der Waals surface area (Å²) in [6.45, 7) is 6.69. The van der Waals surface area contributed by atoms with E-state index >= 15 is 0 Å². The SMILES string of the molecule is Cc1ccc(N(CC(=O)O)C2CC(C)CC(C)C2)cc1. The Labute approximate surface area is 121 Å². The van der Waals surface area contributed by atoms with E-state index in [2.05, 4.69) is 37.8 Å². The number of aryl methyl sites for hydroxylation is 1. The van der Waals surface area contributed by atoms with Gasteiger partial charge in [-0.3, -0.25) is 4.79 Å². The topological polar surface area (TPSA) is 40.5 Å². The number of anilines is 1. The van der Waals surface area contributed by atoms with Crippen LogP contribution in [0.25, 0.3) is 0 Å². The summed E-state index contributed by atoms with van der Waals surface area (Å²) in [5.74, 6) is 0.590. The van der Waals surface area contributed by atoms with Crippen LogP contribution in [0.3, 0.4) is 0 Å². The molecule has 0 saturated heterocycles. The lowest BCUT2D eigenvalue weighted by Gasteiger charge is -2.39. The molecule has 0 aliphatic heterocycles. The molecule has 0 bridgehead atoms. The van der Waals surface area contributed by atoms with Crippen molar-refractivity contribution in [2.24, 2.45) is 11.8 Å². The Bertz CT molecular complexity index is 445. The quantitative estimate of drug-likeness (QED) is 0.910. The van der Waals surface area contributed by atoms with Crippen molar-refractivity contribution in [2.45, 2.75) is 46.1 Å². The number of nitrogens with zero attached hydrogens (tertiary/aromatic N) is 1. The van der Waals surface area contributed by atoms with Gasteiger partial charge in [0.05, 0.1) is 0 Å². The van der Waals surface area contributed by atoms with Crippen LogP contribution in [0.5, 0.6) is 0 Å². The van der Waals surface area contributed by atoms with Gasteiger partial charge in [0.25, 0.3) is 0 Å². The third-order valence-corrected chi connectivity index (χ3v) is 4.27. The maximum atomic E-state index is 11.2. The highest BCUT2D eigenvalue weighted by Gasteiger charge is 2.29. The highest BCUT2D eigenvalue weighted by atomic mass is 16.4. The van der Waals surface area contributed by atoms with Gasteiger partial charge in [-0.05, 0) is 50.2 Å². The second kappa shape index (κ2) is 6.29. The summed E-state index contributed by atoms with van der Waals surface area (Å²) in [6.07, 6.45) is 3.43. The average Bonchev–Trinajstić information content (AvgIpc) is 2.35. The van der Waals surface area contributed by atoms with Crippen LogP contribution in [0.4, 0.5) is 5.69 Å². The fourth-order valence-electron chi connectivity index (χ4n) is 3.47. The molecule has 1 fully saturated rings. The molecule has 1 N–H and O–H groups in total. The lowest BCUT2D eigenvalue weighted by atomic mass is 9.79. The molecule has 1 saturated carbocycles. The van der Waals surface area contributed by atoms with Crippen molar-refractivity contribution >= 4 is 11.7 Å². The van der Waals surface area contributed by atoms with E-state index in [1.165, 1.54) is 12.0 Å². The van der Waals surface area contributed by atoms with E-state index in [0.717, 1.165) is 18.5 Å². The van der Waals surface area contributed by atoms with Gasteiger partial charge in [0.2, 0.25) is 0 Å². The van der Waals surface area contributed by atoms with E-state index in [0.29, 0.717) is 17.9 Å². The van der Waals surface area contributed by atoms with Crippen LogP contribution >= 0.6 is 0 Å². The van der Waals surface area contributed by atoms with Crippen LogP contribution in [-0.2, 0) is 4.79 Å². The molecule has 2 unspecified atom stereocenters. The molecule has 2 atom stereocenters. The Morgan fingerprint density at radius 3 is 2.20 bits per heavy atom. The van der Waals surface area contributed by atoms with E-state index in [4.69, 9.17) is 0 Å². The van der Waals surface area contributed by atoms with Gasteiger partial charge in [-0.1, -0.05) is 31.5 Å². The zero-order valence-electron chi connectivity index (χ0n) is 12.7. The fourth-order valence-corrected chi connectivity index (χ4v) is 3.47. The molecular formula is C17H25NO2. The van der Waals surface area contributed by atoms with Gasteiger partial charge in [-0.2, -0.15) is 0 Å². The van der Waals surface area contributed by atoms with Crippen LogP contribution in [0.15, 0.2) is 24.3 Å². The molecule has 1 aliphatic carbocycles. The lowest BCUT2D eigenvalue weighted by molar-refractivity contribution is -0.135. The second-order valence-electron chi connectivity index (χ2n) is 6.43. The van der Waals surface area contributed by atoms with Gasteiger partial charge >= 0.3 is 5.97 Å². The highest BCUT2D eigenvalue weighted by molar-refractivity contribution is 5.74. The summed E-state index contributed by atoms with van der Waals surface area (Å²) in [7, 11) is 0. The van der Waals surface area contributed by atoms with Gasteiger partial charge in [0.15, 0.2) is 0 Å². The Morgan fingerprint density at radius 1 is 1.15 bits per heavy atom. The number of hydrogen-bond donors (Lipinski definition) is 1. The fraction of sp³-hybridized carbons (Fsp3) is 0.588. The smallest absolute Gasteiger partial charge is 0.323 e. The minimum Gasteiger partial charge on any atom is -0.480 e. The average molecular weight is 275 g/mol. The number of benzene rings is 1. The standard InChI is InChI=1S/C17H25NO2/c1-12-4-6-15(7-5-12)18(11-17(19)20)16-9-13(2)8-14(3)10-16/h4-7,13-14,16H,8-11H2,1-3H3,(H,19,20). The molecule has 0 amide bonds. The number of hydrogen-bond acceptors (Lipinski definition) is 2. The molecule has 110 valence electrons. The van der Waals surface area contributed by atoms with E-state index in [-0.39, 0.29) is 6.54 Å². The summed E-state index contributed by atoms with van der Waals surface area (Å²) in [6, 6.07) is 8.54. The molecule has 20 heavy (non-hydrogen) atoms. The third kappa shape index (κ3) is 3.75. The first-order valence-electron chi connectivity index (χ1n) is 7.50. The van der Waals surface area contributed by atoms with Crippen LogP contribution in [0.2, 0.25) is 0 Å². The Kier molecular flexibility index (Phi) is 4.69. The maximum Gasteiger partial charge on any atom is 0.323 e. The number of carboxylic acid groups (broad SMARTS) is 1. The van der Waals surface area contributed by atoms with Crippen LogP contribution in [0, 0.1) is 18.8 Å². The molecule has 1 aliphatic rings. The van der Waals surface area contributed by atoms with Gasteiger partial charge in [-0.15, -0.1) is 0 Å². The number of aliphatic carboxylic acids is 1. The zero-order chi connectivity index (χ0) is 14.7. The molecule has 1 aromatic carbocycles. The highest BCUT2D eigenvalue weighted by Crippen LogP contribution is 2.33. The van der Waals surface area contributed by atoms with Crippen molar-refractivity contribution in [1.29, 1.82) is 0 Å². The molecule has 3 nitrogen and oxygen atoms in total. The molecule has 0 radical (unpaired) electrons. The second-order valence-corrected chi connectivity index (χ2v) is 6.43. The molecule has 0 aromatic heterocycles. The van der Waals surface area contributed by atoms with E-state index in [9.17, 15) is 9.90 Å². The van der Waals surface area contributed by atoms with Crippen molar-refractivity contribution in [3.8, 4) is 0 Å². The number of carbonyl (C=O) groups is 1. The van der Waals surface area contributed by atoms with Crippen molar-refractivity contribution in [1.82, 2.24) is 0 Å². The van der Waals surface area contributed by atoms with Crippen molar-refractivity contribution in [2.75, 3.05) is 11.4 Å². The summed E-state index contributed by atoms with van der Waals surface area (Å²) in [4.78, 5) is 13.3. The summed E-state index contributed by atoms with van der Waals surface area (Å²) < 4.78 is 0. The molecule has 3 heteroatoms. The predicted molar refractivity (Wildman–Crippen MR) is 82.1 cm³/mol. The van der Waals surface area contributed by atoms with Crippen LogP contribution in [0.1, 0.15) is 38.7 Å². The normalized spacial score (nSPS) is 26.2. The minimum atomic E-state index is -0.753. The molecule has 0 heterocycles. The van der Waals surface area contributed by atoms with Crippen LogP contribution < -0.4 is 4.90 Å². The van der Waals surface area contributed by atoms with E-state index in [1.54, 1.807) is 0 Å². The first-order valence-corrected chi connectivity index (χ1v) is 7.50. The number of rotatable bonds is 4. The minimum absolute atomic E-state index is 0.0904. The van der Waals surface area contributed by atoms with Gasteiger partial charge < -0.3 is 10.0 Å². The van der Waals surface area contributed by atoms with Gasteiger partial charge in [-0.25, -0.2) is 0 Å². The van der Waals surface area contributed by atoms with Crippen molar-refractivity contribution in [3.05, 3.63) is 29.8 Å². The summed E-state index contributed by atoms with van der Waals surface area (Å²) in [5.41, 5.74) is 2.23. The number of carboxylic acids is 1. The summed E-state index contributed by atoms with van der Waals surface area (Å²) >= 11 is 0. The van der Waals surface area contributed by atoms with Gasteiger partial charge in [0.1, 0.15) is 6.54 Å². The molecule has 1 aromatic rings. The Balaban J connectivity index is 2.22. The van der Waals surface area contributed by atoms with E-state index < -0.39 is 5.97 Å². The van der Waals surface area contributed by atoms with Crippen molar-refractivity contribution < 1.29 is 9.90 Å². The Hall–Kier alpha value is -1.51. The summed E-state index contributed by atoms with van der Waals surface area (Å²) in [5, 5.41) is 9.22. The van der Waals surface area contributed by atoms with Crippen LogP contribution in [-0.4, -0.2) is 23.7 Å². The molecule has 2 rings (SSSR count). The third-order valence-electron chi connectivity index (χ3n) is 4.27. The maximum absolute atomic E-state index is 11.2. The first-order chi connectivity index (χ1) is 9.45. The van der Waals surface area contributed by atoms with E-state index in [1.807, 2.05) is 12.1 Å². The Morgan fingerprint density at radius 2 is 1.70 bits per heavy atom. The predicted octanol–water partition coefficient (Wildman–Crippen LogP) is 3.71. The monoisotopic (exact) mass is 275 g/mol. The largest absolute Gasteiger partial charge is 0.480 e. The molecule has 0 spiro atoms. The van der Waals surface area contributed by atoms with Crippen molar-refractivity contribution in [3.63, 3.8) is 0 Å². The first kappa shape index (κ1) is 14.9. The molecular weight excluding hydrogens is 250 g/mol. The van der Waals surface area contributed by atoms with Gasteiger partial charge in [0, 0.05) is 11.7 Å².